The van der Waals surface area contributed by atoms with Crippen molar-refractivity contribution >= 4 is 22.9 Å². The van der Waals surface area contributed by atoms with Gasteiger partial charge in [0.15, 0.2) is 5.58 Å². The van der Waals surface area contributed by atoms with E-state index in [1.54, 1.807) is 36.4 Å². The Bertz CT molecular complexity index is 667. The summed E-state index contributed by atoms with van der Waals surface area (Å²) in [4.78, 5) is 7.67. The van der Waals surface area contributed by atoms with E-state index in [9.17, 15) is 8.78 Å². The van der Waals surface area contributed by atoms with Gasteiger partial charge in [-0.2, -0.15) is 8.78 Å². The van der Waals surface area contributed by atoms with Crippen molar-refractivity contribution < 1.29 is 13.2 Å². The van der Waals surface area contributed by atoms with Gasteiger partial charge >= 0.3 is 5.25 Å². The smallest absolute Gasteiger partial charge is 0.374 e. The number of thioether (sulfide) groups is 1. The Morgan fingerprint density at radius 1 is 1.05 bits per heavy atom. The van der Waals surface area contributed by atoms with Crippen LogP contribution >= 0.6 is 11.8 Å². The average molecular weight is 278 g/mol. The number of fused-ring (bicyclic) bond motifs is 1. The molecule has 0 unspecified atom stereocenters. The molecule has 3 nitrogen and oxygen atoms in total. The number of hydrogen-bond donors (Lipinski definition) is 0. The lowest BCUT2D eigenvalue weighted by Gasteiger charge is -2.10. The highest BCUT2D eigenvalue weighted by Crippen LogP contribution is 2.43. The van der Waals surface area contributed by atoms with E-state index in [0.29, 0.717) is 22.9 Å². The number of pyridine rings is 1. The second-order valence-electron chi connectivity index (χ2n) is 3.77. The van der Waals surface area contributed by atoms with Crippen molar-refractivity contribution in [1.82, 2.24) is 9.97 Å². The molecule has 0 saturated carbocycles. The first-order valence-electron chi connectivity index (χ1n) is 5.49. The van der Waals surface area contributed by atoms with Crippen LogP contribution in [0.1, 0.15) is 5.89 Å². The maximum absolute atomic E-state index is 14.0. The Labute approximate surface area is 111 Å². The summed E-state index contributed by atoms with van der Waals surface area (Å²) < 4.78 is 33.2. The zero-order chi connectivity index (χ0) is 13.3. The fraction of sp³-hybridized carbons (Fsp3) is 0.0769. The standard InChI is InChI=1S/C13H8F2N2OS/c14-13(15,19-11-7-3-4-8-16-11)12-17-9-5-1-2-6-10(9)18-12/h1-8H. The first-order chi connectivity index (χ1) is 9.15. The van der Waals surface area contributed by atoms with Crippen LogP contribution in [0.25, 0.3) is 11.1 Å². The summed E-state index contributed by atoms with van der Waals surface area (Å²) in [5.41, 5.74) is 0.762. The maximum Gasteiger partial charge on any atom is 0.374 e. The monoisotopic (exact) mass is 278 g/mol. The van der Waals surface area contributed by atoms with Crippen LogP contribution in [0.15, 0.2) is 58.1 Å². The fourth-order valence-corrected chi connectivity index (χ4v) is 2.28. The van der Waals surface area contributed by atoms with Crippen LogP contribution in [0, 0.1) is 0 Å². The maximum atomic E-state index is 14.0. The molecular formula is C13H8F2N2OS. The number of benzene rings is 1. The van der Waals surface area contributed by atoms with Gasteiger partial charge in [0.2, 0.25) is 0 Å². The zero-order valence-corrected chi connectivity index (χ0v) is 10.4. The average Bonchev–Trinajstić information content (AvgIpc) is 2.84. The summed E-state index contributed by atoms with van der Waals surface area (Å²) in [5, 5.41) is -3.04. The summed E-state index contributed by atoms with van der Waals surface area (Å²) in [6, 6.07) is 11.5. The van der Waals surface area contributed by atoms with Crippen molar-refractivity contribution in [2.75, 3.05) is 0 Å². The lowest BCUT2D eigenvalue weighted by molar-refractivity contribution is 0.0734. The number of oxazole rings is 1. The van der Waals surface area contributed by atoms with Crippen molar-refractivity contribution in [1.29, 1.82) is 0 Å². The van der Waals surface area contributed by atoms with Crippen molar-refractivity contribution in [3.63, 3.8) is 0 Å². The molecule has 2 heterocycles. The molecule has 96 valence electrons. The SMILES string of the molecule is FC(F)(Sc1ccccn1)c1nc2ccccc2o1. The lowest BCUT2D eigenvalue weighted by Crippen LogP contribution is -2.08. The Balaban J connectivity index is 1.95. The molecule has 0 aliphatic heterocycles. The minimum Gasteiger partial charge on any atom is -0.434 e. The van der Waals surface area contributed by atoms with E-state index >= 15 is 0 Å². The number of nitrogens with zero attached hydrogens (tertiary/aromatic N) is 2. The molecule has 19 heavy (non-hydrogen) atoms. The van der Waals surface area contributed by atoms with Gasteiger partial charge in [0.25, 0.3) is 5.89 Å². The number of rotatable bonds is 3. The summed E-state index contributed by atoms with van der Waals surface area (Å²) in [5.74, 6) is -0.607. The quantitative estimate of drug-likeness (QED) is 0.677. The molecule has 3 aromatic rings. The molecule has 0 fully saturated rings. The van der Waals surface area contributed by atoms with Crippen LogP contribution in [-0.4, -0.2) is 9.97 Å². The molecule has 2 aromatic heterocycles. The van der Waals surface area contributed by atoms with Gasteiger partial charge in [-0.15, -0.1) is 0 Å². The molecule has 0 amide bonds. The second-order valence-corrected chi connectivity index (χ2v) is 4.91. The molecule has 1 aromatic carbocycles. The number of para-hydroxylation sites is 2. The van der Waals surface area contributed by atoms with Gasteiger partial charge in [0.1, 0.15) is 10.5 Å². The topological polar surface area (TPSA) is 38.9 Å². The van der Waals surface area contributed by atoms with Gasteiger partial charge in [0, 0.05) is 6.20 Å². The molecule has 0 radical (unpaired) electrons. The number of halogens is 2. The van der Waals surface area contributed by atoms with Crippen molar-refractivity contribution in [3.8, 4) is 0 Å². The van der Waals surface area contributed by atoms with E-state index in [2.05, 4.69) is 9.97 Å². The summed E-state index contributed by atoms with van der Waals surface area (Å²) in [6.45, 7) is 0. The summed E-state index contributed by atoms with van der Waals surface area (Å²) in [6.07, 6.45) is 1.46. The van der Waals surface area contributed by atoms with Crippen molar-refractivity contribution in [2.24, 2.45) is 0 Å². The van der Waals surface area contributed by atoms with E-state index in [1.165, 1.54) is 12.3 Å². The van der Waals surface area contributed by atoms with Crippen molar-refractivity contribution in [2.45, 2.75) is 10.3 Å². The van der Waals surface area contributed by atoms with Gasteiger partial charge in [-0.1, -0.05) is 18.2 Å². The molecule has 0 aliphatic carbocycles. The van der Waals surface area contributed by atoms with E-state index in [-0.39, 0.29) is 5.03 Å². The first kappa shape index (κ1) is 12.1. The molecule has 6 heteroatoms. The van der Waals surface area contributed by atoms with E-state index in [1.807, 2.05) is 0 Å². The lowest BCUT2D eigenvalue weighted by atomic mass is 10.3. The molecule has 0 atom stereocenters. The van der Waals surface area contributed by atoms with Crippen LogP contribution in [0.3, 0.4) is 0 Å². The largest absolute Gasteiger partial charge is 0.434 e. The Hall–Kier alpha value is -1.95. The van der Waals surface area contributed by atoms with Crippen LogP contribution in [-0.2, 0) is 5.25 Å². The Kier molecular flexibility index (Phi) is 2.94. The van der Waals surface area contributed by atoms with Crippen molar-refractivity contribution in [3.05, 3.63) is 54.6 Å². The van der Waals surface area contributed by atoms with Gasteiger partial charge in [-0.25, -0.2) is 9.97 Å². The van der Waals surface area contributed by atoms with Gasteiger partial charge in [0.05, 0.1) is 0 Å². The van der Waals surface area contributed by atoms with Gasteiger partial charge < -0.3 is 4.42 Å². The highest BCUT2D eigenvalue weighted by molar-refractivity contribution is 7.99. The third-order valence-electron chi connectivity index (χ3n) is 2.41. The summed E-state index contributed by atoms with van der Waals surface area (Å²) in [7, 11) is 0. The minimum atomic E-state index is -3.26. The molecule has 0 aliphatic rings. The second kappa shape index (κ2) is 4.62. The highest BCUT2D eigenvalue weighted by Gasteiger charge is 2.39. The number of alkyl halides is 2. The third kappa shape index (κ3) is 2.44. The van der Waals surface area contributed by atoms with Crippen LogP contribution < -0.4 is 0 Å². The van der Waals surface area contributed by atoms with E-state index in [0.717, 1.165) is 0 Å². The van der Waals surface area contributed by atoms with Crippen LogP contribution in [0.5, 0.6) is 0 Å². The molecular weight excluding hydrogens is 270 g/mol. The van der Waals surface area contributed by atoms with Gasteiger partial charge in [-0.05, 0) is 36.0 Å². The highest BCUT2D eigenvalue weighted by atomic mass is 32.2. The Morgan fingerprint density at radius 2 is 1.84 bits per heavy atom. The Morgan fingerprint density at radius 3 is 2.58 bits per heavy atom. The van der Waals surface area contributed by atoms with E-state index in [4.69, 9.17) is 4.42 Å². The molecule has 0 bridgehead atoms. The first-order valence-corrected chi connectivity index (χ1v) is 6.31. The third-order valence-corrected chi connectivity index (χ3v) is 3.29. The molecule has 0 saturated heterocycles. The van der Waals surface area contributed by atoms with E-state index < -0.39 is 11.1 Å². The predicted octanol–water partition coefficient (Wildman–Crippen LogP) is 4.06. The molecule has 0 N–H and O–H groups in total. The summed E-state index contributed by atoms with van der Waals surface area (Å²) >= 11 is 0.314. The zero-order valence-electron chi connectivity index (χ0n) is 9.59. The number of aromatic nitrogens is 2. The van der Waals surface area contributed by atoms with Gasteiger partial charge in [-0.3, -0.25) is 0 Å². The normalized spacial score (nSPS) is 11.9. The number of hydrogen-bond acceptors (Lipinski definition) is 4. The van der Waals surface area contributed by atoms with Crippen LogP contribution in [0.2, 0.25) is 0 Å². The molecule has 3 rings (SSSR count). The predicted molar refractivity (Wildman–Crippen MR) is 68.0 cm³/mol. The molecule has 0 spiro atoms. The minimum absolute atomic E-state index is 0.217. The fourth-order valence-electron chi connectivity index (χ4n) is 1.58. The van der Waals surface area contributed by atoms with Crippen LogP contribution in [0.4, 0.5) is 8.78 Å².